The lowest BCUT2D eigenvalue weighted by Gasteiger charge is -2.22. The van der Waals surface area contributed by atoms with E-state index in [1.807, 2.05) is 12.1 Å². The second-order valence-electron chi connectivity index (χ2n) is 6.80. The van der Waals surface area contributed by atoms with Gasteiger partial charge < -0.3 is 10.6 Å². The zero-order chi connectivity index (χ0) is 20.5. The van der Waals surface area contributed by atoms with Gasteiger partial charge in [-0.25, -0.2) is 4.79 Å². The lowest BCUT2D eigenvalue weighted by Crippen LogP contribution is -2.43. The van der Waals surface area contributed by atoms with Crippen LogP contribution in [0.1, 0.15) is 31.0 Å². The van der Waals surface area contributed by atoms with Gasteiger partial charge in [0, 0.05) is 9.50 Å². The van der Waals surface area contributed by atoms with Crippen molar-refractivity contribution in [2.24, 2.45) is 0 Å². The van der Waals surface area contributed by atoms with Gasteiger partial charge in [-0.15, -0.1) is 0 Å². The van der Waals surface area contributed by atoms with Crippen LogP contribution in [0.4, 0.5) is 4.79 Å². The third kappa shape index (κ3) is 4.05. The number of rotatable bonds is 5. The van der Waals surface area contributed by atoms with Crippen LogP contribution in [0.3, 0.4) is 0 Å². The van der Waals surface area contributed by atoms with E-state index in [9.17, 15) is 14.4 Å². The van der Waals surface area contributed by atoms with Crippen molar-refractivity contribution in [2.45, 2.75) is 25.4 Å². The Morgan fingerprint density at radius 2 is 1.96 bits per heavy atom. The molecule has 146 valence electrons. The monoisotopic (exact) mass is 463 g/mol. The van der Waals surface area contributed by atoms with Crippen LogP contribution < -0.4 is 10.6 Å². The molecule has 1 heterocycles. The van der Waals surface area contributed by atoms with E-state index in [0.717, 1.165) is 14.9 Å². The van der Waals surface area contributed by atoms with Crippen LogP contribution in [0.25, 0.3) is 0 Å². The van der Waals surface area contributed by atoms with Gasteiger partial charge in [0.05, 0.1) is 6.04 Å². The Morgan fingerprint density at radius 1 is 1.25 bits per heavy atom. The smallest absolute Gasteiger partial charge is 0.325 e. The van der Waals surface area contributed by atoms with Gasteiger partial charge in [-0.05, 0) is 49.2 Å². The van der Waals surface area contributed by atoms with E-state index >= 15 is 0 Å². The number of halogens is 2. The number of benzene rings is 2. The Bertz CT molecular complexity index is 952. The van der Waals surface area contributed by atoms with Crippen LogP contribution in [0.15, 0.2) is 53.0 Å². The third-order valence-corrected chi connectivity index (χ3v) is 5.43. The largest absolute Gasteiger partial charge is 0.348 e. The molecule has 0 unspecified atom stereocenters. The van der Waals surface area contributed by atoms with E-state index in [4.69, 9.17) is 11.6 Å². The lowest BCUT2D eigenvalue weighted by atomic mass is 9.92. The highest BCUT2D eigenvalue weighted by molar-refractivity contribution is 9.10. The van der Waals surface area contributed by atoms with Crippen LogP contribution in [-0.2, 0) is 15.1 Å². The fourth-order valence-corrected chi connectivity index (χ4v) is 3.72. The van der Waals surface area contributed by atoms with Crippen molar-refractivity contribution in [1.29, 1.82) is 0 Å². The SMILES string of the molecule is C[C@@H](NC(=O)CN1C(=O)N[C@](C)(c2cccc(Br)c2)C1=O)c1cccc(Cl)c1. The molecule has 0 aliphatic carbocycles. The van der Waals surface area contributed by atoms with Gasteiger partial charge in [-0.1, -0.05) is 51.8 Å². The molecule has 0 saturated carbocycles. The number of nitrogens with zero attached hydrogens (tertiary/aromatic N) is 1. The Labute approximate surface area is 176 Å². The van der Waals surface area contributed by atoms with Crippen molar-refractivity contribution in [3.8, 4) is 0 Å². The molecule has 1 aliphatic heterocycles. The molecule has 1 fully saturated rings. The molecule has 2 N–H and O–H groups in total. The Kier molecular flexibility index (Phi) is 5.76. The summed E-state index contributed by atoms with van der Waals surface area (Å²) < 4.78 is 0.791. The van der Waals surface area contributed by atoms with Crippen molar-refractivity contribution in [1.82, 2.24) is 15.5 Å². The molecule has 2 aromatic carbocycles. The van der Waals surface area contributed by atoms with Crippen molar-refractivity contribution in [2.75, 3.05) is 6.54 Å². The maximum atomic E-state index is 12.9. The number of imide groups is 1. The normalized spacial score (nSPS) is 20.1. The quantitative estimate of drug-likeness (QED) is 0.662. The summed E-state index contributed by atoms with van der Waals surface area (Å²) in [7, 11) is 0. The van der Waals surface area contributed by atoms with E-state index in [-0.39, 0.29) is 12.6 Å². The van der Waals surface area contributed by atoms with Gasteiger partial charge in [-0.2, -0.15) is 0 Å². The minimum atomic E-state index is -1.22. The summed E-state index contributed by atoms with van der Waals surface area (Å²) in [4.78, 5) is 38.7. The van der Waals surface area contributed by atoms with E-state index in [1.54, 1.807) is 50.2 Å². The highest BCUT2D eigenvalue weighted by Crippen LogP contribution is 2.30. The van der Waals surface area contributed by atoms with Gasteiger partial charge >= 0.3 is 6.03 Å². The summed E-state index contributed by atoms with van der Waals surface area (Å²) in [6.07, 6.45) is 0. The Hall–Kier alpha value is -2.38. The number of urea groups is 1. The molecule has 2 aromatic rings. The minimum absolute atomic E-state index is 0.316. The predicted octanol–water partition coefficient (Wildman–Crippen LogP) is 3.75. The first-order chi connectivity index (χ1) is 13.2. The van der Waals surface area contributed by atoms with E-state index in [0.29, 0.717) is 10.6 Å². The molecule has 6 nitrogen and oxygen atoms in total. The number of hydrogen-bond acceptors (Lipinski definition) is 3. The van der Waals surface area contributed by atoms with Crippen LogP contribution in [0, 0.1) is 0 Å². The topological polar surface area (TPSA) is 78.5 Å². The summed E-state index contributed by atoms with van der Waals surface area (Å²) in [5.41, 5.74) is 0.243. The Morgan fingerprint density at radius 3 is 2.64 bits per heavy atom. The number of nitrogens with one attached hydrogen (secondary N) is 2. The summed E-state index contributed by atoms with van der Waals surface area (Å²) in [5, 5.41) is 6.05. The molecule has 2 atom stereocenters. The van der Waals surface area contributed by atoms with Crippen LogP contribution in [0.5, 0.6) is 0 Å². The molecule has 0 radical (unpaired) electrons. The van der Waals surface area contributed by atoms with Gasteiger partial charge in [0.15, 0.2) is 0 Å². The zero-order valence-corrected chi connectivity index (χ0v) is 17.7. The average Bonchev–Trinajstić information content (AvgIpc) is 2.86. The number of hydrogen-bond donors (Lipinski definition) is 2. The first kappa shape index (κ1) is 20.4. The molecule has 4 amide bonds. The standard InChI is InChI=1S/C20H19BrClN3O3/c1-12(13-5-3-8-16(22)9-13)23-17(26)11-25-18(27)20(2,24-19(25)28)14-6-4-7-15(21)10-14/h3-10,12H,11H2,1-2H3,(H,23,26)(H,24,28)/t12-,20-/m1/s1. The molecule has 0 spiro atoms. The first-order valence-corrected chi connectivity index (χ1v) is 9.83. The van der Waals surface area contributed by atoms with Crippen LogP contribution >= 0.6 is 27.5 Å². The second kappa shape index (κ2) is 7.93. The molecule has 0 aromatic heterocycles. The highest BCUT2D eigenvalue weighted by atomic mass is 79.9. The van der Waals surface area contributed by atoms with E-state index in [2.05, 4.69) is 26.6 Å². The summed E-state index contributed by atoms with van der Waals surface area (Å²) in [6, 6.07) is 13.4. The van der Waals surface area contributed by atoms with E-state index < -0.39 is 23.4 Å². The van der Waals surface area contributed by atoms with Crippen LogP contribution in [0.2, 0.25) is 5.02 Å². The van der Waals surface area contributed by atoms with Gasteiger partial charge in [0.1, 0.15) is 12.1 Å². The predicted molar refractivity (Wildman–Crippen MR) is 110 cm³/mol. The average molecular weight is 465 g/mol. The molecule has 0 bridgehead atoms. The number of amides is 4. The van der Waals surface area contributed by atoms with Crippen molar-refractivity contribution in [3.63, 3.8) is 0 Å². The summed E-state index contributed by atoms with van der Waals surface area (Å²) in [5.74, 6) is -0.907. The lowest BCUT2D eigenvalue weighted by molar-refractivity contribution is -0.135. The Balaban J connectivity index is 1.71. The zero-order valence-electron chi connectivity index (χ0n) is 15.3. The molecule has 1 saturated heterocycles. The first-order valence-electron chi connectivity index (χ1n) is 8.65. The van der Waals surface area contributed by atoms with Crippen molar-refractivity contribution >= 4 is 45.4 Å². The van der Waals surface area contributed by atoms with Gasteiger partial charge in [-0.3, -0.25) is 14.5 Å². The molecule has 8 heteroatoms. The third-order valence-electron chi connectivity index (χ3n) is 4.70. The molecular formula is C20H19BrClN3O3. The molecular weight excluding hydrogens is 446 g/mol. The maximum absolute atomic E-state index is 12.9. The minimum Gasteiger partial charge on any atom is -0.348 e. The van der Waals surface area contributed by atoms with Crippen LogP contribution in [-0.4, -0.2) is 29.3 Å². The highest BCUT2D eigenvalue weighted by Gasteiger charge is 2.49. The molecule has 28 heavy (non-hydrogen) atoms. The van der Waals surface area contributed by atoms with Crippen molar-refractivity contribution in [3.05, 3.63) is 69.2 Å². The summed E-state index contributed by atoms with van der Waals surface area (Å²) in [6.45, 7) is 3.07. The van der Waals surface area contributed by atoms with Crippen molar-refractivity contribution < 1.29 is 14.4 Å². The summed E-state index contributed by atoms with van der Waals surface area (Å²) >= 11 is 9.35. The second-order valence-corrected chi connectivity index (χ2v) is 8.15. The number of carbonyl (C=O) groups is 3. The number of carbonyl (C=O) groups excluding carboxylic acids is 3. The molecule has 3 rings (SSSR count). The van der Waals surface area contributed by atoms with E-state index in [1.165, 1.54) is 0 Å². The fourth-order valence-electron chi connectivity index (χ4n) is 3.13. The fraction of sp³-hybridized carbons (Fsp3) is 0.250. The van der Waals surface area contributed by atoms with Gasteiger partial charge in [0.25, 0.3) is 5.91 Å². The van der Waals surface area contributed by atoms with Gasteiger partial charge in [0.2, 0.25) is 5.91 Å². The maximum Gasteiger partial charge on any atom is 0.325 e. The molecule has 1 aliphatic rings.